The van der Waals surface area contributed by atoms with E-state index in [0.29, 0.717) is 0 Å². The molecule has 1 aliphatic heterocycles. The predicted octanol–water partition coefficient (Wildman–Crippen LogP) is 2.77. The summed E-state index contributed by atoms with van der Waals surface area (Å²) in [6.45, 7) is 5.32. The molecule has 3 heterocycles. The summed E-state index contributed by atoms with van der Waals surface area (Å²) in [5, 5.41) is 1.09. The molecule has 5 nitrogen and oxygen atoms in total. The van der Waals surface area contributed by atoms with Crippen LogP contribution in [-0.2, 0) is 4.74 Å². The highest BCUT2D eigenvalue weighted by Gasteiger charge is 2.19. The number of nitrogens with one attached hydrogen (secondary N) is 1. The normalized spacial score (nSPS) is 15.4. The number of aromatic amines is 1. The van der Waals surface area contributed by atoms with Crippen LogP contribution in [0.1, 0.15) is 5.56 Å². The van der Waals surface area contributed by atoms with Gasteiger partial charge in [-0.05, 0) is 12.5 Å². The van der Waals surface area contributed by atoms with Gasteiger partial charge in [0, 0.05) is 24.8 Å². The number of fused-ring (bicyclic) bond motifs is 1. The summed E-state index contributed by atoms with van der Waals surface area (Å²) in [6, 6.07) is 8.56. The summed E-state index contributed by atoms with van der Waals surface area (Å²) >= 11 is 0. The third-order valence-corrected chi connectivity index (χ3v) is 4.12. The lowest BCUT2D eigenvalue weighted by atomic mass is 10.0. The Hall–Kier alpha value is -2.40. The van der Waals surface area contributed by atoms with E-state index in [9.17, 15) is 0 Å². The van der Waals surface area contributed by atoms with E-state index in [1.807, 2.05) is 6.20 Å². The van der Waals surface area contributed by atoms with Gasteiger partial charge in [0.2, 0.25) is 0 Å². The van der Waals surface area contributed by atoms with Gasteiger partial charge in [-0.2, -0.15) is 0 Å². The molecule has 1 aliphatic rings. The minimum atomic E-state index is 0.746. The van der Waals surface area contributed by atoms with Crippen LogP contribution in [0.4, 0.5) is 5.82 Å². The molecule has 0 spiro atoms. The molecule has 0 atom stereocenters. The maximum Gasteiger partial charge on any atom is 0.143 e. The maximum absolute atomic E-state index is 5.45. The molecule has 0 bridgehead atoms. The second kappa shape index (κ2) is 5.42. The van der Waals surface area contributed by atoms with Gasteiger partial charge in [0.15, 0.2) is 0 Å². The molecule has 0 amide bonds. The highest BCUT2D eigenvalue weighted by atomic mass is 16.5. The summed E-state index contributed by atoms with van der Waals surface area (Å²) in [5.41, 5.74) is 4.47. The van der Waals surface area contributed by atoms with Gasteiger partial charge >= 0.3 is 0 Å². The zero-order valence-corrected chi connectivity index (χ0v) is 12.5. The van der Waals surface area contributed by atoms with Crippen molar-refractivity contribution in [2.24, 2.45) is 0 Å². The lowest BCUT2D eigenvalue weighted by Crippen LogP contribution is -2.36. The summed E-state index contributed by atoms with van der Waals surface area (Å²) in [5.74, 6) is 0.991. The van der Waals surface area contributed by atoms with Crippen LogP contribution in [0.25, 0.3) is 22.2 Å². The maximum atomic E-state index is 5.45. The molecule has 0 saturated carbocycles. The van der Waals surface area contributed by atoms with E-state index in [-0.39, 0.29) is 0 Å². The molecule has 5 heteroatoms. The average molecular weight is 294 g/mol. The van der Waals surface area contributed by atoms with Gasteiger partial charge in [0.25, 0.3) is 0 Å². The SMILES string of the molecule is Cc1ccc(-c2c[nH]c3ncnc(N4CCOCC4)c23)cc1. The standard InChI is InChI=1S/C17H18N4O/c1-12-2-4-13(5-3-12)14-10-18-16-15(14)17(20-11-19-16)21-6-8-22-9-7-21/h2-5,10-11H,6-9H2,1H3,(H,18,19,20). The number of anilines is 1. The molecule has 1 fully saturated rings. The monoisotopic (exact) mass is 294 g/mol. The number of rotatable bonds is 2. The van der Waals surface area contributed by atoms with Crippen LogP contribution in [0.2, 0.25) is 0 Å². The van der Waals surface area contributed by atoms with Gasteiger partial charge < -0.3 is 14.6 Å². The summed E-state index contributed by atoms with van der Waals surface area (Å²) in [4.78, 5) is 14.5. The van der Waals surface area contributed by atoms with E-state index < -0.39 is 0 Å². The first-order chi connectivity index (χ1) is 10.8. The molecular weight excluding hydrogens is 276 g/mol. The molecule has 1 saturated heterocycles. The number of benzene rings is 1. The molecule has 4 rings (SSSR count). The number of morpholine rings is 1. The molecule has 1 aromatic carbocycles. The minimum absolute atomic E-state index is 0.746. The highest BCUT2D eigenvalue weighted by Crippen LogP contribution is 2.33. The number of nitrogens with zero attached hydrogens (tertiary/aromatic N) is 3. The van der Waals surface area contributed by atoms with E-state index in [1.54, 1.807) is 6.33 Å². The first-order valence-corrected chi connectivity index (χ1v) is 7.55. The third kappa shape index (κ3) is 2.23. The molecule has 0 radical (unpaired) electrons. The number of hydrogen-bond acceptors (Lipinski definition) is 4. The number of aryl methyl sites for hydroxylation is 1. The van der Waals surface area contributed by atoms with Crippen LogP contribution < -0.4 is 4.90 Å². The van der Waals surface area contributed by atoms with Crippen molar-refractivity contribution in [1.82, 2.24) is 15.0 Å². The molecule has 2 aromatic heterocycles. The molecule has 112 valence electrons. The topological polar surface area (TPSA) is 54.0 Å². The van der Waals surface area contributed by atoms with E-state index >= 15 is 0 Å². The Balaban J connectivity index is 1.87. The zero-order valence-electron chi connectivity index (χ0n) is 12.5. The second-order valence-electron chi connectivity index (χ2n) is 5.59. The van der Waals surface area contributed by atoms with E-state index in [1.165, 1.54) is 11.1 Å². The molecule has 0 unspecified atom stereocenters. The van der Waals surface area contributed by atoms with Crippen molar-refractivity contribution in [2.75, 3.05) is 31.2 Å². The Morgan fingerprint density at radius 1 is 1.09 bits per heavy atom. The molecule has 3 aromatic rings. The van der Waals surface area contributed by atoms with Crippen LogP contribution >= 0.6 is 0 Å². The van der Waals surface area contributed by atoms with Crippen LogP contribution in [0, 0.1) is 6.92 Å². The van der Waals surface area contributed by atoms with Crippen molar-refractivity contribution in [3.63, 3.8) is 0 Å². The van der Waals surface area contributed by atoms with Crippen LogP contribution in [0.3, 0.4) is 0 Å². The van der Waals surface area contributed by atoms with Crippen LogP contribution in [-0.4, -0.2) is 41.3 Å². The number of hydrogen-bond donors (Lipinski definition) is 1. The Labute approximate surface area is 129 Å². The lowest BCUT2D eigenvalue weighted by Gasteiger charge is -2.28. The Morgan fingerprint density at radius 3 is 2.64 bits per heavy atom. The minimum Gasteiger partial charge on any atom is -0.378 e. The van der Waals surface area contributed by atoms with Gasteiger partial charge in [-0.25, -0.2) is 9.97 Å². The number of aromatic nitrogens is 3. The van der Waals surface area contributed by atoms with Gasteiger partial charge in [-0.3, -0.25) is 0 Å². The fourth-order valence-corrected chi connectivity index (χ4v) is 2.92. The summed E-state index contributed by atoms with van der Waals surface area (Å²) < 4.78 is 5.45. The molecular formula is C17H18N4O. The van der Waals surface area contributed by atoms with Crippen molar-refractivity contribution in [1.29, 1.82) is 0 Å². The van der Waals surface area contributed by atoms with E-state index in [0.717, 1.165) is 48.7 Å². The van der Waals surface area contributed by atoms with Crippen molar-refractivity contribution >= 4 is 16.9 Å². The molecule has 22 heavy (non-hydrogen) atoms. The number of H-pyrrole nitrogens is 1. The van der Waals surface area contributed by atoms with Crippen molar-refractivity contribution in [2.45, 2.75) is 6.92 Å². The quantitative estimate of drug-likeness (QED) is 0.789. The van der Waals surface area contributed by atoms with Gasteiger partial charge in [0.1, 0.15) is 17.8 Å². The van der Waals surface area contributed by atoms with Gasteiger partial charge in [-0.15, -0.1) is 0 Å². The summed E-state index contributed by atoms with van der Waals surface area (Å²) in [7, 11) is 0. The Kier molecular flexibility index (Phi) is 3.27. The molecule has 0 aliphatic carbocycles. The highest BCUT2D eigenvalue weighted by molar-refractivity contribution is 6.01. The first-order valence-electron chi connectivity index (χ1n) is 7.55. The first kappa shape index (κ1) is 13.3. The van der Waals surface area contributed by atoms with Crippen LogP contribution in [0.15, 0.2) is 36.8 Å². The fourth-order valence-electron chi connectivity index (χ4n) is 2.92. The van der Waals surface area contributed by atoms with E-state index in [2.05, 4.69) is 51.0 Å². The average Bonchev–Trinajstić information content (AvgIpc) is 3.00. The number of ether oxygens (including phenoxy) is 1. The summed E-state index contributed by atoms with van der Waals surface area (Å²) in [6.07, 6.45) is 3.65. The largest absolute Gasteiger partial charge is 0.378 e. The lowest BCUT2D eigenvalue weighted by molar-refractivity contribution is 0.122. The van der Waals surface area contributed by atoms with Crippen molar-refractivity contribution in [3.8, 4) is 11.1 Å². The smallest absolute Gasteiger partial charge is 0.143 e. The van der Waals surface area contributed by atoms with E-state index in [4.69, 9.17) is 4.74 Å². The fraction of sp³-hybridized carbons (Fsp3) is 0.294. The third-order valence-electron chi connectivity index (χ3n) is 4.12. The molecule has 1 N–H and O–H groups in total. The Bertz CT molecular complexity index is 788. The second-order valence-corrected chi connectivity index (χ2v) is 5.59. The van der Waals surface area contributed by atoms with Crippen molar-refractivity contribution < 1.29 is 4.74 Å². The van der Waals surface area contributed by atoms with Crippen LogP contribution in [0.5, 0.6) is 0 Å². The predicted molar refractivity (Wildman–Crippen MR) is 87.1 cm³/mol. The van der Waals surface area contributed by atoms with Gasteiger partial charge in [-0.1, -0.05) is 29.8 Å². The zero-order chi connectivity index (χ0) is 14.9. The van der Waals surface area contributed by atoms with Gasteiger partial charge in [0.05, 0.1) is 18.6 Å². The van der Waals surface area contributed by atoms with Crippen molar-refractivity contribution in [3.05, 3.63) is 42.4 Å². The Morgan fingerprint density at radius 2 is 1.86 bits per heavy atom.